The van der Waals surface area contributed by atoms with Gasteiger partial charge in [-0.2, -0.15) is 0 Å². The van der Waals surface area contributed by atoms with E-state index in [1.165, 1.54) is 28.8 Å². The van der Waals surface area contributed by atoms with E-state index in [4.69, 9.17) is 4.42 Å². The number of hydrogen-bond acceptors (Lipinski definition) is 6. The van der Waals surface area contributed by atoms with Crippen LogP contribution in [-0.2, 0) is 16.6 Å². The van der Waals surface area contributed by atoms with E-state index in [-0.39, 0.29) is 21.7 Å². The van der Waals surface area contributed by atoms with Gasteiger partial charge in [-0.25, -0.2) is 13.2 Å². The van der Waals surface area contributed by atoms with Gasteiger partial charge in [-0.15, -0.1) is 0 Å². The lowest BCUT2D eigenvalue weighted by Crippen LogP contribution is -2.29. The number of nitrogens with one attached hydrogen (secondary N) is 3. The normalized spacial score (nSPS) is 11.9. The zero-order valence-corrected chi connectivity index (χ0v) is 16.2. The van der Waals surface area contributed by atoms with Crippen LogP contribution in [0.3, 0.4) is 0 Å². The van der Waals surface area contributed by atoms with Crippen molar-refractivity contribution in [1.29, 1.82) is 0 Å². The summed E-state index contributed by atoms with van der Waals surface area (Å²) in [7, 11) is -4.03. The molecule has 0 aliphatic rings. The number of sulfonamides is 1. The lowest BCUT2D eigenvalue weighted by atomic mass is 10.2. The first-order valence-corrected chi connectivity index (χ1v) is 10.1. The number of rotatable bonds is 4. The predicted molar refractivity (Wildman–Crippen MR) is 107 cm³/mol. The fourth-order valence-corrected chi connectivity index (χ4v) is 4.49. The lowest BCUT2D eigenvalue weighted by Gasteiger charge is -2.11. The second-order valence-electron chi connectivity index (χ2n) is 6.47. The Balaban J connectivity index is 1.79. The number of anilines is 1. The zero-order valence-electron chi connectivity index (χ0n) is 15.4. The van der Waals surface area contributed by atoms with Crippen LogP contribution >= 0.6 is 0 Å². The molecule has 2 aromatic heterocycles. The van der Waals surface area contributed by atoms with E-state index >= 15 is 0 Å². The Morgan fingerprint density at radius 2 is 1.69 bits per heavy atom. The van der Waals surface area contributed by atoms with E-state index in [2.05, 4.69) is 14.7 Å². The third-order valence-electron chi connectivity index (χ3n) is 4.54. The zero-order chi connectivity index (χ0) is 20.9. The molecule has 11 heteroatoms. The molecule has 0 atom stereocenters. The summed E-state index contributed by atoms with van der Waals surface area (Å²) in [6.07, 6.45) is 0. The average Bonchev–Trinajstić information content (AvgIpc) is 2.96. The standard InChI is InChI=1S/C18H16N4O6S/c1-3-22-13-5-4-10(7-14(13)28-18(22)25)21-29(26,27)15-8-12-11(6-9(15)2)19-16(23)17(24)20-12/h4-8,21H,3H2,1-2H3,(H,19,23)(H,20,24). The molecule has 0 amide bonds. The number of aromatic nitrogens is 3. The van der Waals surface area contributed by atoms with Crippen LogP contribution in [0.25, 0.3) is 22.1 Å². The predicted octanol–water partition coefficient (Wildman–Crippen LogP) is 1.25. The third-order valence-corrected chi connectivity index (χ3v) is 6.07. The highest BCUT2D eigenvalue weighted by atomic mass is 32.2. The van der Waals surface area contributed by atoms with Gasteiger partial charge < -0.3 is 14.4 Å². The molecular weight excluding hydrogens is 400 g/mol. The average molecular weight is 416 g/mol. The van der Waals surface area contributed by atoms with Crippen molar-refractivity contribution >= 4 is 37.8 Å². The molecule has 0 spiro atoms. The van der Waals surface area contributed by atoms with E-state index < -0.39 is 26.9 Å². The van der Waals surface area contributed by atoms with E-state index in [9.17, 15) is 22.8 Å². The number of nitrogens with zero attached hydrogens (tertiary/aromatic N) is 1. The van der Waals surface area contributed by atoms with Gasteiger partial charge in [0.15, 0.2) is 5.58 Å². The van der Waals surface area contributed by atoms with Crippen molar-refractivity contribution in [2.24, 2.45) is 0 Å². The quantitative estimate of drug-likeness (QED) is 0.427. The van der Waals surface area contributed by atoms with E-state index in [1.807, 2.05) is 0 Å². The minimum absolute atomic E-state index is 0.0691. The molecule has 2 aromatic carbocycles. The third kappa shape index (κ3) is 3.14. The largest absolute Gasteiger partial charge is 0.419 e. The highest BCUT2D eigenvalue weighted by Gasteiger charge is 2.19. The molecule has 29 heavy (non-hydrogen) atoms. The number of hydrogen-bond donors (Lipinski definition) is 3. The van der Waals surface area contributed by atoms with Gasteiger partial charge in [0.05, 0.1) is 27.1 Å². The van der Waals surface area contributed by atoms with Crippen molar-refractivity contribution in [3.8, 4) is 0 Å². The fraction of sp³-hybridized carbons (Fsp3) is 0.167. The summed E-state index contributed by atoms with van der Waals surface area (Å²) in [6, 6.07) is 7.28. The van der Waals surface area contributed by atoms with Crippen LogP contribution < -0.4 is 21.6 Å². The van der Waals surface area contributed by atoms with Crippen molar-refractivity contribution in [2.75, 3.05) is 4.72 Å². The summed E-state index contributed by atoms with van der Waals surface area (Å²) in [5.74, 6) is -0.522. The molecule has 10 nitrogen and oxygen atoms in total. The lowest BCUT2D eigenvalue weighted by molar-refractivity contribution is 0.513. The first-order chi connectivity index (χ1) is 13.7. The van der Waals surface area contributed by atoms with E-state index in [1.54, 1.807) is 19.9 Å². The van der Waals surface area contributed by atoms with Crippen molar-refractivity contribution < 1.29 is 12.8 Å². The van der Waals surface area contributed by atoms with Gasteiger partial charge >= 0.3 is 16.9 Å². The number of aromatic amines is 2. The first kappa shape index (κ1) is 18.7. The van der Waals surface area contributed by atoms with Gasteiger partial charge in [-0.1, -0.05) is 0 Å². The van der Waals surface area contributed by atoms with Gasteiger partial charge in [0.1, 0.15) is 0 Å². The SMILES string of the molecule is CCn1c(=O)oc2cc(NS(=O)(=O)c3cc4[nH]c(=O)c(=O)[nH]c4cc3C)ccc21. The maximum absolute atomic E-state index is 12.9. The molecule has 0 saturated carbocycles. The number of H-pyrrole nitrogens is 2. The van der Waals surface area contributed by atoms with Gasteiger partial charge in [0.25, 0.3) is 10.0 Å². The number of fused-ring (bicyclic) bond motifs is 2. The topological polar surface area (TPSA) is 147 Å². The van der Waals surface area contributed by atoms with Crippen molar-refractivity contribution in [2.45, 2.75) is 25.3 Å². The maximum atomic E-state index is 12.9. The van der Waals surface area contributed by atoms with Crippen LogP contribution in [0.1, 0.15) is 12.5 Å². The summed E-state index contributed by atoms with van der Waals surface area (Å²) in [5, 5.41) is 0. The Morgan fingerprint density at radius 1 is 1.03 bits per heavy atom. The minimum Gasteiger partial charge on any atom is -0.408 e. The maximum Gasteiger partial charge on any atom is 0.419 e. The fourth-order valence-electron chi connectivity index (χ4n) is 3.18. The molecule has 0 radical (unpaired) electrons. The molecule has 0 unspecified atom stereocenters. The molecular formula is C18H16N4O6S. The van der Waals surface area contributed by atoms with Gasteiger partial charge in [0, 0.05) is 12.6 Å². The molecule has 0 saturated heterocycles. The van der Waals surface area contributed by atoms with Crippen LogP contribution in [0.2, 0.25) is 0 Å². The van der Waals surface area contributed by atoms with Crippen molar-refractivity contribution in [3.63, 3.8) is 0 Å². The Morgan fingerprint density at radius 3 is 2.34 bits per heavy atom. The highest BCUT2D eigenvalue weighted by molar-refractivity contribution is 7.92. The molecule has 150 valence electrons. The van der Waals surface area contributed by atoms with Crippen molar-refractivity contribution in [1.82, 2.24) is 14.5 Å². The molecule has 4 rings (SSSR count). The summed E-state index contributed by atoms with van der Waals surface area (Å²) in [6.45, 7) is 3.79. The van der Waals surface area contributed by atoms with Crippen LogP contribution in [0, 0.1) is 6.92 Å². The highest BCUT2D eigenvalue weighted by Crippen LogP contribution is 2.24. The Bertz CT molecular complexity index is 1560. The van der Waals surface area contributed by atoms with Crippen LogP contribution in [-0.4, -0.2) is 23.0 Å². The van der Waals surface area contributed by atoms with E-state index in [0.717, 1.165) is 0 Å². The second-order valence-corrected chi connectivity index (χ2v) is 8.12. The van der Waals surface area contributed by atoms with Crippen molar-refractivity contribution in [3.05, 3.63) is 67.2 Å². The second kappa shape index (κ2) is 6.48. The number of benzene rings is 2. The van der Waals surface area contributed by atoms with Gasteiger partial charge in [-0.3, -0.25) is 18.9 Å². The van der Waals surface area contributed by atoms with Gasteiger partial charge in [0.2, 0.25) is 0 Å². The molecule has 2 heterocycles. The van der Waals surface area contributed by atoms with Crippen LogP contribution in [0.15, 0.2) is 54.0 Å². The Labute approximate surface area is 162 Å². The molecule has 0 bridgehead atoms. The Kier molecular flexibility index (Phi) is 4.19. The molecule has 0 fully saturated rings. The molecule has 3 N–H and O–H groups in total. The van der Waals surface area contributed by atoms with Crippen LogP contribution in [0.4, 0.5) is 5.69 Å². The Hall–Kier alpha value is -3.60. The molecule has 0 aliphatic heterocycles. The summed E-state index contributed by atoms with van der Waals surface area (Å²) in [4.78, 5) is 39.5. The smallest absolute Gasteiger partial charge is 0.408 e. The van der Waals surface area contributed by atoms with Gasteiger partial charge in [-0.05, 0) is 43.7 Å². The summed E-state index contributed by atoms with van der Waals surface area (Å²) >= 11 is 0. The summed E-state index contributed by atoms with van der Waals surface area (Å²) < 4.78 is 34.8. The monoisotopic (exact) mass is 416 g/mol. The summed E-state index contributed by atoms with van der Waals surface area (Å²) in [5.41, 5.74) is 0.203. The van der Waals surface area contributed by atoms with E-state index in [0.29, 0.717) is 23.1 Å². The minimum atomic E-state index is -4.03. The molecule has 4 aromatic rings. The number of oxazole rings is 1. The first-order valence-electron chi connectivity index (χ1n) is 8.63. The van der Waals surface area contributed by atoms with Crippen LogP contribution in [0.5, 0.6) is 0 Å². The number of aryl methyl sites for hydroxylation is 2. The molecule has 0 aliphatic carbocycles.